The fourth-order valence-electron chi connectivity index (χ4n) is 6.36. The number of nitrogens with zero attached hydrogens (tertiary/aromatic N) is 4. The minimum Gasteiger partial charge on any atom is -0.486 e. The summed E-state index contributed by atoms with van der Waals surface area (Å²) >= 11 is 12.9. The highest BCUT2D eigenvalue weighted by molar-refractivity contribution is 6.35. The van der Waals surface area contributed by atoms with Crippen molar-refractivity contribution < 1.29 is 28.5 Å². The second-order valence-electron chi connectivity index (χ2n) is 12.9. The van der Waals surface area contributed by atoms with E-state index in [9.17, 15) is 10.2 Å². The number of hydrogen-bond donors (Lipinski definition) is 1. The molecule has 1 aromatic carbocycles. The Morgan fingerprint density at radius 1 is 1.15 bits per heavy atom. The zero-order chi connectivity index (χ0) is 33.9. The summed E-state index contributed by atoms with van der Waals surface area (Å²) in [5.41, 5.74) is 1.39. The van der Waals surface area contributed by atoms with E-state index in [1.165, 1.54) is 12.4 Å². The standard InChI is InChI=1S/C34H45Cl2N5O6/c1-7-44-34(45-8-2)14-15-40(32(42)47-33(4,5)6)20-24(34)30(37)31-23-17-22(46-21(3)29-25(35)18-38-19-26(29)36)12-13-27(23)41(39-31)28-11-9-10-16-43-28/h12-13,17-19,21,24,28,37H,7-11,14-16,20H2,1-6H3. The molecule has 1 N–H and O–H groups in total. The maximum absolute atomic E-state index is 13.3. The molecule has 0 aliphatic carbocycles. The van der Waals surface area contributed by atoms with Crippen molar-refractivity contribution in [2.45, 2.75) is 90.9 Å². The van der Waals surface area contributed by atoms with Crippen LogP contribution in [0.15, 0.2) is 30.6 Å². The third kappa shape index (κ3) is 7.70. The fourth-order valence-corrected chi connectivity index (χ4v) is 7.03. The molecule has 2 fully saturated rings. The van der Waals surface area contributed by atoms with E-state index in [4.69, 9.17) is 52.0 Å². The summed E-state index contributed by atoms with van der Waals surface area (Å²) in [4.78, 5) is 18.9. The van der Waals surface area contributed by atoms with Gasteiger partial charge in [-0.05, 0) is 79.0 Å². The van der Waals surface area contributed by atoms with Crippen molar-refractivity contribution in [1.29, 1.82) is 5.41 Å². The molecular weight excluding hydrogens is 645 g/mol. The normalized spacial score (nSPS) is 20.6. The van der Waals surface area contributed by atoms with Crippen molar-refractivity contribution in [2.75, 3.05) is 32.9 Å². The zero-order valence-electron chi connectivity index (χ0n) is 28.0. The lowest BCUT2D eigenvalue weighted by molar-refractivity contribution is -0.267. The monoisotopic (exact) mass is 689 g/mol. The third-order valence-electron chi connectivity index (χ3n) is 8.41. The van der Waals surface area contributed by atoms with Crippen LogP contribution in [0, 0.1) is 11.3 Å². The minimum absolute atomic E-state index is 0.161. The van der Waals surface area contributed by atoms with Crippen LogP contribution in [0.2, 0.25) is 10.0 Å². The number of carbonyl (C=O) groups excluding carboxylic acids is 1. The molecule has 0 spiro atoms. The molecule has 256 valence electrons. The van der Waals surface area contributed by atoms with E-state index in [2.05, 4.69) is 4.98 Å². The van der Waals surface area contributed by atoms with Crippen molar-refractivity contribution in [2.24, 2.45) is 5.92 Å². The van der Waals surface area contributed by atoms with Gasteiger partial charge in [-0.25, -0.2) is 9.48 Å². The Kier molecular flexibility index (Phi) is 11.0. The van der Waals surface area contributed by atoms with Crippen LogP contribution in [0.4, 0.5) is 4.79 Å². The highest BCUT2D eigenvalue weighted by Gasteiger charge is 2.50. The molecule has 0 bridgehead atoms. The van der Waals surface area contributed by atoms with E-state index in [1.54, 1.807) is 4.90 Å². The maximum atomic E-state index is 13.3. The number of pyridine rings is 1. The molecule has 0 radical (unpaired) electrons. The molecule has 2 aliphatic heterocycles. The first kappa shape index (κ1) is 35.3. The Labute approximate surface area is 286 Å². The molecular formula is C34H45Cl2N5O6. The lowest BCUT2D eigenvalue weighted by atomic mass is 9.84. The van der Waals surface area contributed by atoms with Crippen LogP contribution in [-0.2, 0) is 18.9 Å². The third-order valence-corrected chi connectivity index (χ3v) is 9.01. The summed E-state index contributed by atoms with van der Waals surface area (Å²) in [5.74, 6) is -1.25. The first-order valence-corrected chi connectivity index (χ1v) is 17.1. The van der Waals surface area contributed by atoms with Crippen LogP contribution < -0.4 is 4.74 Å². The number of nitrogens with one attached hydrogen (secondary N) is 1. The molecule has 3 unspecified atom stereocenters. The average Bonchev–Trinajstić information content (AvgIpc) is 3.39. The van der Waals surface area contributed by atoms with Gasteiger partial charge >= 0.3 is 6.09 Å². The van der Waals surface area contributed by atoms with Gasteiger partial charge < -0.3 is 34.0 Å². The van der Waals surface area contributed by atoms with Crippen molar-refractivity contribution in [3.63, 3.8) is 0 Å². The van der Waals surface area contributed by atoms with Crippen molar-refractivity contribution in [3.8, 4) is 5.75 Å². The van der Waals surface area contributed by atoms with Crippen LogP contribution in [0.3, 0.4) is 0 Å². The number of ether oxygens (including phenoxy) is 5. The Balaban J connectivity index is 1.58. The van der Waals surface area contributed by atoms with Gasteiger partial charge in [-0.3, -0.25) is 4.98 Å². The lowest BCUT2D eigenvalue weighted by Crippen LogP contribution is -2.59. The van der Waals surface area contributed by atoms with Crippen molar-refractivity contribution in [1.82, 2.24) is 19.7 Å². The number of fused-ring (bicyclic) bond motifs is 1. The van der Waals surface area contributed by atoms with Crippen LogP contribution in [-0.4, -0.2) is 75.8 Å². The molecule has 11 nitrogen and oxygen atoms in total. The van der Waals surface area contributed by atoms with Gasteiger partial charge in [0.1, 0.15) is 23.1 Å². The molecule has 3 atom stereocenters. The number of rotatable bonds is 10. The van der Waals surface area contributed by atoms with Crippen molar-refractivity contribution >= 4 is 45.9 Å². The fraction of sp³-hybridized carbons (Fsp3) is 0.588. The molecule has 1 amide bonds. The van der Waals surface area contributed by atoms with Crippen LogP contribution in [0.1, 0.15) is 90.8 Å². The first-order valence-electron chi connectivity index (χ1n) is 16.3. The molecule has 2 aliphatic rings. The van der Waals surface area contributed by atoms with E-state index in [1.807, 2.05) is 64.4 Å². The number of hydrogen-bond acceptors (Lipinski definition) is 9. The summed E-state index contributed by atoms with van der Waals surface area (Å²) in [5, 5.41) is 16.3. The van der Waals surface area contributed by atoms with Gasteiger partial charge in [0.15, 0.2) is 12.0 Å². The smallest absolute Gasteiger partial charge is 0.410 e. The SMILES string of the molecule is CCOC1(OCC)CCN(C(=O)OC(C)(C)C)CC1C(=N)c1nn(C2CCCCO2)c2ccc(OC(C)c3c(Cl)cncc3Cl)cc12. The van der Waals surface area contributed by atoms with Crippen LogP contribution in [0.5, 0.6) is 5.75 Å². The van der Waals surface area contributed by atoms with Crippen molar-refractivity contribution in [3.05, 3.63) is 51.9 Å². The predicted octanol–water partition coefficient (Wildman–Crippen LogP) is 7.97. The van der Waals surface area contributed by atoms with Crippen LogP contribution in [0.25, 0.3) is 10.9 Å². The topological polar surface area (TPSA) is 121 Å². The number of likely N-dealkylation sites (tertiary alicyclic amines) is 1. The molecule has 2 saturated heterocycles. The average molecular weight is 691 g/mol. The summed E-state index contributed by atoms with van der Waals surface area (Å²) in [6.07, 6.45) is 5.03. The predicted molar refractivity (Wildman–Crippen MR) is 181 cm³/mol. The number of halogens is 2. The molecule has 47 heavy (non-hydrogen) atoms. The van der Waals surface area contributed by atoms with Gasteiger partial charge in [-0.1, -0.05) is 23.2 Å². The number of aromatic nitrogens is 3. The Bertz CT molecular complexity index is 1560. The summed E-state index contributed by atoms with van der Waals surface area (Å²) in [6.45, 7) is 13.1. The van der Waals surface area contributed by atoms with Gasteiger partial charge in [-0.15, -0.1) is 0 Å². The van der Waals surface area contributed by atoms with E-state index in [-0.39, 0.29) is 18.5 Å². The van der Waals surface area contributed by atoms with Gasteiger partial charge in [0.2, 0.25) is 0 Å². The Hall–Kier alpha value is -2.96. The molecule has 3 aromatic rings. The maximum Gasteiger partial charge on any atom is 0.410 e. The van der Waals surface area contributed by atoms with E-state index in [0.29, 0.717) is 65.2 Å². The Morgan fingerprint density at radius 3 is 2.47 bits per heavy atom. The molecule has 4 heterocycles. The van der Waals surface area contributed by atoms with Gasteiger partial charge in [0.25, 0.3) is 0 Å². The number of benzene rings is 1. The van der Waals surface area contributed by atoms with Crippen LogP contribution >= 0.6 is 23.2 Å². The number of amides is 1. The van der Waals surface area contributed by atoms with E-state index >= 15 is 0 Å². The second kappa shape index (κ2) is 14.7. The van der Waals surface area contributed by atoms with Gasteiger partial charge in [-0.2, -0.15) is 5.10 Å². The largest absolute Gasteiger partial charge is 0.486 e. The summed E-state index contributed by atoms with van der Waals surface area (Å²) < 4.78 is 32.7. The number of piperidine rings is 1. The minimum atomic E-state index is -1.13. The highest BCUT2D eigenvalue weighted by Crippen LogP contribution is 2.39. The van der Waals surface area contributed by atoms with Gasteiger partial charge in [0.05, 0.1) is 27.2 Å². The summed E-state index contributed by atoms with van der Waals surface area (Å²) in [7, 11) is 0. The zero-order valence-corrected chi connectivity index (χ0v) is 29.5. The molecule has 13 heteroatoms. The Morgan fingerprint density at radius 2 is 1.85 bits per heavy atom. The molecule has 2 aromatic heterocycles. The van der Waals surface area contributed by atoms with E-state index < -0.39 is 29.5 Å². The quantitative estimate of drug-likeness (QED) is 0.168. The molecule has 5 rings (SSSR count). The highest BCUT2D eigenvalue weighted by atomic mass is 35.5. The van der Waals surface area contributed by atoms with Gasteiger partial charge in [0, 0.05) is 62.7 Å². The number of carbonyl (C=O) groups is 1. The second-order valence-corrected chi connectivity index (χ2v) is 13.7. The lowest BCUT2D eigenvalue weighted by Gasteiger charge is -2.46. The first-order chi connectivity index (χ1) is 22.4. The van der Waals surface area contributed by atoms with E-state index in [0.717, 1.165) is 24.8 Å². The molecule has 0 saturated carbocycles. The summed E-state index contributed by atoms with van der Waals surface area (Å²) in [6, 6.07) is 5.68.